The van der Waals surface area contributed by atoms with Crippen molar-refractivity contribution in [3.63, 3.8) is 0 Å². The number of carbonyl (C=O) groups is 1. The monoisotopic (exact) mass is 302 g/mol. The van der Waals surface area contributed by atoms with E-state index in [2.05, 4.69) is 10.4 Å². The van der Waals surface area contributed by atoms with E-state index in [1.54, 1.807) is 17.8 Å². The van der Waals surface area contributed by atoms with Gasteiger partial charge in [-0.05, 0) is 20.8 Å². The summed E-state index contributed by atoms with van der Waals surface area (Å²) in [6, 6.07) is 1.90. The fourth-order valence-electron chi connectivity index (χ4n) is 2.65. The van der Waals surface area contributed by atoms with Crippen molar-refractivity contribution in [1.82, 2.24) is 19.7 Å². The lowest BCUT2D eigenvalue weighted by molar-refractivity contribution is -0.122. The highest BCUT2D eigenvalue weighted by molar-refractivity contribution is 6.04. The predicted octanol–water partition coefficient (Wildman–Crippen LogP) is 1.31. The number of aromatic nitrogens is 3. The summed E-state index contributed by atoms with van der Waals surface area (Å²) in [7, 11) is 1.81. The Kier molecular flexibility index (Phi) is 3.27. The summed E-state index contributed by atoms with van der Waals surface area (Å²) >= 11 is 0. The van der Waals surface area contributed by atoms with Crippen LogP contribution in [-0.4, -0.2) is 26.3 Å². The molecule has 0 unspecified atom stereocenters. The average Bonchev–Trinajstić information content (AvgIpc) is 2.91. The van der Waals surface area contributed by atoms with E-state index in [1.807, 2.05) is 26.8 Å². The third-order valence-corrected chi connectivity index (χ3v) is 3.54. The Labute approximate surface area is 126 Å². The van der Waals surface area contributed by atoms with Crippen LogP contribution in [0.25, 0.3) is 22.0 Å². The number of furan rings is 1. The summed E-state index contributed by atoms with van der Waals surface area (Å²) < 4.78 is 8.59. The molecule has 22 heavy (non-hydrogen) atoms. The lowest BCUT2D eigenvalue weighted by Gasteiger charge is -2.09. The van der Waals surface area contributed by atoms with E-state index in [0.717, 1.165) is 11.3 Å². The van der Waals surface area contributed by atoms with E-state index in [0.29, 0.717) is 16.5 Å². The molecule has 0 saturated carbocycles. The maximum Gasteiger partial charge on any atom is 0.291 e. The van der Waals surface area contributed by atoms with Crippen molar-refractivity contribution >= 4 is 27.9 Å². The van der Waals surface area contributed by atoms with Crippen molar-refractivity contribution in [2.75, 3.05) is 0 Å². The van der Waals surface area contributed by atoms with Gasteiger partial charge in [0.15, 0.2) is 5.58 Å². The number of rotatable bonds is 3. The van der Waals surface area contributed by atoms with Crippen LogP contribution < -0.4 is 10.9 Å². The minimum atomic E-state index is -0.303. The van der Waals surface area contributed by atoms with Crippen LogP contribution in [0.3, 0.4) is 0 Å². The summed E-state index contributed by atoms with van der Waals surface area (Å²) in [5.41, 5.74) is 1.68. The van der Waals surface area contributed by atoms with Crippen LogP contribution in [0.4, 0.5) is 0 Å². The molecule has 0 radical (unpaired) electrons. The lowest BCUT2D eigenvalue weighted by atomic mass is 10.3. The van der Waals surface area contributed by atoms with Gasteiger partial charge in [-0.15, -0.1) is 0 Å². The summed E-state index contributed by atoms with van der Waals surface area (Å²) in [4.78, 5) is 24.4. The Morgan fingerprint density at radius 2 is 2.18 bits per heavy atom. The summed E-state index contributed by atoms with van der Waals surface area (Å²) in [5, 5.41) is 7.51. The van der Waals surface area contributed by atoms with Gasteiger partial charge in [0.25, 0.3) is 5.56 Å². The maximum atomic E-state index is 12.6. The molecule has 0 aliphatic rings. The number of hydrogen-bond acceptors (Lipinski definition) is 4. The Morgan fingerprint density at radius 1 is 1.45 bits per heavy atom. The first-order valence-electron chi connectivity index (χ1n) is 7.12. The van der Waals surface area contributed by atoms with Crippen molar-refractivity contribution in [3.05, 3.63) is 28.4 Å². The van der Waals surface area contributed by atoms with Gasteiger partial charge in [-0.25, -0.2) is 4.68 Å². The lowest BCUT2D eigenvalue weighted by Crippen LogP contribution is -2.37. The Morgan fingerprint density at radius 3 is 2.86 bits per heavy atom. The molecule has 1 N–H and O–H groups in total. The fourth-order valence-corrected chi connectivity index (χ4v) is 2.65. The van der Waals surface area contributed by atoms with Crippen molar-refractivity contribution in [1.29, 1.82) is 0 Å². The first-order valence-corrected chi connectivity index (χ1v) is 7.12. The highest BCUT2D eigenvalue weighted by Crippen LogP contribution is 2.27. The topological polar surface area (TPSA) is 82.1 Å². The predicted molar refractivity (Wildman–Crippen MR) is 82.8 cm³/mol. The molecule has 0 aliphatic heterocycles. The molecule has 0 bridgehead atoms. The van der Waals surface area contributed by atoms with Crippen molar-refractivity contribution < 1.29 is 9.21 Å². The zero-order chi connectivity index (χ0) is 16.0. The van der Waals surface area contributed by atoms with Gasteiger partial charge in [0.1, 0.15) is 17.8 Å². The standard InChI is InChI=1S/C15H18N4O3/c1-8(2)17-12(20)7-19-15(21)13-10(6-16-19)14-11(18(13)4)5-9(3)22-14/h5-6,8H,7H2,1-4H3,(H,17,20). The molecule has 0 aliphatic carbocycles. The first kappa shape index (κ1) is 14.4. The van der Waals surface area contributed by atoms with E-state index < -0.39 is 0 Å². The molecule has 3 aromatic heterocycles. The minimum Gasteiger partial charge on any atom is -0.459 e. The van der Waals surface area contributed by atoms with Gasteiger partial charge < -0.3 is 14.3 Å². The normalized spacial score (nSPS) is 11.7. The Bertz CT molecular complexity index is 930. The number of carbonyl (C=O) groups excluding carboxylic acids is 1. The fraction of sp³-hybridized carbons (Fsp3) is 0.400. The van der Waals surface area contributed by atoms with E-state index >= 15 is 0 Å². The van der Waals surface area contributed by atoms with Crippen LogP contribution in [0, 0.1) is 6.92 Å². The largest absolute Gasteiger partial charge is 0.459 e. The van der Waals surface area contributed by atoms with Gasteiger partial charge in [-0.1, -0.05) is 0 Å². The molecule has 0 saturated heterocycles. The van der Waals surface area contributed by atoms with Crippen LogP contribution in [-0.2, 0) is 18.4 Å². The molecule has 0 fully saturated rings. The molecule has 7 heteroatoms. The van der Waals surface area contributed by atoms with Gasteiger partial charge in [0.05, 0.1) is 17.1 Å². The van der Waals surface area contributed by atoms with Crippen LogP contribution >= 0.6 is 0 Å². The molecule has 1 amide bonds. The SMILES string of the molecule is Cc1cc2c(o1)c1cnn(CC(=O)NC(C)C)c(=O)c1n2C. The number of nitrogens with zero attached hydrogens (tertiary/aromatic N) is 3. The van der Waals surface area contributed by atoms with Gasteiger partial charge in [-0.3, -0.25) is 9.59 Å². The van der Waals surface area contributed by atoms with E-state index in [9.17, 15) is 9.59 Å². The summed E-state index contributed by atoms with van der Waals surface area (Å²) in [6.07, 6.45) is 1.57. The Hall–Kier alpha value is -2.57. The molecule has 0 spiro atoms. The van der Waals surface area contributed by atoms with Crippen LogP contribution in [0.1, 0.15) is 19.6 Å². The highest BCUT2D eigenvalue weighted by Gasteiger charge is 2.18. The highest BCUT2D eigenvalue weighted by atomic mass is 16.3. The molecular weight excluding hydrogens is 284 g/mol. The summed E-state index contributed by atoms with van der Waals surface area (Å²) in [5.74, 6) is 0.542. The zero-order valence-electron chi connectivity index (χ0n) is 13.0. The third-order valence-electron chi connectivity index (χ3n) is 3.54. The number of aryl methyl sites for hydroxylation is 2. The smallest absolute Gasteiger partial charge is 0.291 e. The second kappa shape index (κ2) is 5.01. The zero-order valence-corrected chi connectivity index (χ0v) is 13.0. The quantitative estimate of drug-likeness (QED) is 0.791. The van der Waals surface area contributed by atoms with E-state index in [4.69, 9.17) is 4.42 Å². The number of hydrogen-bond donors (Lipinski definition) is 1. The molecule has 3 rings (SSSR count). The van der Waals surface area contributed by atoms with Crippen LogP contribution in [0.2, 0.25) is 0 Å². The minimum absolute atomic E-state index is 0.0206. The molecule has 0 aromatic carbocycles. The molecule has 3 aromatic rings. The molecule has 3 heterocycles. The second-order valence-corrected chi connectivity index (χ2v) is 5.72. The van der Waals surface area contributed by atoms with Gasteiger partial charge in [-0.2, -0.15) is 5.10 Å². The van der Waals surface area contributed by atoms with Gasteiger partial charge >= 0.3 is 0 Å². The van der Waals surface area contributed by atoms with E-state index in [-0.39, 0.29) is 24.1 Å². The number of nitrogens with one attached hydrogen (secondary N) is 1. The van der Waals surface area contributed by atoms with Crippen molar-refractivity contribution in [3.8, 4) is 0 Å². The van der Waals surface area contributed by atoms with Gasteiger partial charge in [0, 0.05) is 19.2 Å². The van der Waals surface area contributed by atoms with Crippen molar-refractivity contribution in [2.24, 2.45) is 7.05 Å². The van der Waals surface area contributed by atoms with Crippen LogP contribution in [0.5, 0.6) is 0 Å². The van der Waals surface area contributed by atoms with Crippen LogP contribution in [0.15, 0.2) is 21.5 Å². The molecular formula is C15H18N4O3. The molecule has 116 valence electrons. The summed E-state index contributed by atoms with van der Waals surface area (Å²) in [6.45, 7) is 5.49. The molecule has 7 nitrogen and oxygen atoms in total. The maximum absolute atomic E-state index is 12.6. The first-order chi connectivity index (χ1) is 10.4. The number of amides is 1. The third kappa shape index (κ3) is 2.18. The second-order valence-electron chi connectivity index (χ2n) is 5.72. The molecule has 0 atom stereocenters. The average molecular weight is 302 g/mol. The number of fused-ring (bicyclic) bond motifs is 3. The van der Waals surface area contributed by atoms with Gasteiger partial charge in [0.2, 0.25) is 5.91 Å². The van der Waals surface area contributed by atoms with Crippen molar-refractivity contribution in [2.45, 2.75) is 33.4 Å². The van der Waals surface area contributed by atoms with E-state index in [1.165, 1.54) is 4.68 Å². The Balaban J connectivity index is 2.12.